The van der Waals surface area contributed by atoms with Crippen molar-refractivity contribution in [1.29, 1.82) is 0 Å². The lowest BCUT2D eigenvalue weighted by Gasteiger charge is -1.98. The lowest BCUT2D eigenvalue weighted by Crippen LogP contribution is -1.85. The number of hydrogen-bond acceptors (Lipinski definition) is 1. The summed E-state index contributed by atoms with van der Waals surface area (Å²) in [6.07, 6.45) is 6.95. The van der Waals surface area contributed by atoms with Gasteiger partial charge in [-0.15, -0.1) is 0 Å². The molecular weight excluding hydrogens is 160 g/mol. The van der Waals surface area contributed by atoms with Gasteiger partial charge in [-0.1, -0.05) is 18.4 Å². The van der Waals surface area contributed by atoms with Gasteiger partial charge in [0.25, 0.3) is 0 Å². The first-order chi connectivity index (χ1) is 5.29. The van der Waals surface area contributed by atoms with Crippen molar-refractivity contribution in [2.24, 2.45) is 0 Å². The van der Waals surface area contributed by atoms with Crippen molar-refractivity contribution >= 4 is 11.1 Å². The van der Waals surface area contributed by atoms with Gasteiger partial charge in [-0.25, -0.2) is 4.21 Å². The summed E-state index contributed by atoms with van der Waals surface area (Å²) in [5.41, 5.74) is 1.17. The molecule has 0 amide bonds. The first kappa shape index (κ1) is 8.94. The van der Waals surface area contributed by atoms with Gasteiger partial charge in [0, 0.05) is 5.41 Å². The summed E-state index contributed by atoms with van der Waals surface area (Å²) in [7, 11) is 0. The second kappa shape index (κ2) is 4.67. The minimum absolute atomic E-state index is 1.02. The minimum atomic E-state index is -1.73. The molecule has 0 radical (unpaired) electrons. The molecule has 0 aromatic carbocycles. The summed E-state index contributed by atoms with van der Waals surface area (Å²) in [6, 6.07) is 0. The van der Waals surface area contributed by atoms with Crippen LogP contribution in [0.5, 0.6) is 0 Å². The molecule has 1 atom stereocenters. The summed E-state index contributed by atoms with van der Waals surface area (Å²) in [6.45, 7) is 0. The van der Waals surface area contributed by atoms with Crippen LogP contribution in [0.2, 0.25) is 0 Å². The third kappa shape index (κ3) is 3.68. The monoisotopic (exact) mass is 174 g/mol. The van der Waals surface area contributed by atoms with E-state index in [-0.39, 0.29) is 0 Å². The van der Waals surface area contributed by atoms with Gasteiger partial charge in [0.1, 0.15) is 0 Å². The summed E-state index contributed by atoms with van der Waals surface area (Å²) < 4.78 is 19.0. The van der Waals surface area contributed by atoms with Crippen molar-refractivity contribution in [3.8, 4) is 0 Å². The van der Waals surface area contributed by atoms with E-state index in [1.54, 1.807) is 0 Å². The molecule has 0 aliphatic heterocycles. The van der Waals surface area contributed by atoms with Crippen molar-refractivity contribution in [2.45, 2.75) is 38.5 Å². The quantitative estimate of drug-likeness (QED) is 0.489. The van der Waals surface area contributed by atoms with Gasteiger partial charge in [-0.3, -0.25) is 0 Å². The van der Waals surface area contributed by atoms with E-state index in [4.69, 9.17) is 4.55 Å². The molecule has 0 spiro atoms. The molecule has 1 fully saturated rings. The van der Waals surface area contributed by atoms with Crippen molar-refractivity contribution in [1.82, 2.24) is 0 Å². The minimum Gasteiger partial charge on any atom is -0.303 e. The molecule has 0 aromatic rings. The molecule has 1 unspecified atom stereocenters. The summed E-state index contributed by atoms with van der Waals surface area (Å²) in [5, 5.41) is 1.49. The molecule has 0 bridgehead atoms. The highest BCUT2D eigenvalue weighted by atomic mass is 32.2. The van der Waals surface area contributed by atoms with Crippen molar-refractivity contribution in [3.05, 3.63) is 11.0 Å². The Bertz CT molecular complexity index is 165. The fraction of sp³-hybridized carbons (Fsp3) is 0.750. The highest BCUT2D eigenvalue weighted by Gasteiger charge is 2.04. The Morgan fingerprint density at radius 3 is 2.18 bits per heavy atom. The Kier molecular flexibility index (Phi) is 3.80. The topological polar surface area (TPSA) is 37.3 Å². The second-order valence-corrected chi connectivity index (χ2v) is 3.75. The Balaban J connectivity index is 2.48. The van der Waals surface area contributed by atoms with E-state index in [0.717, 1.165) is 12.8 Å². The maximum Gasteiger partial charge on any atom is 0.178 e. The molecular formula is C8H14O2S. The summed E-state index contributed by atoms with van der Waals surface area (Å²) in [5.74, 6) is 0. The van der Waals surface area contributed by atoms with Crippen LogP contribution < -0.4 is 0 Å². The third-order valence-electron chi connectivity index (χ3n) is 2.01. The van der Waals surface area contributed by atoms with Crippen LogP contribution in [0.15, 0.2) is 11.0 Å². The second-order valence-electron chi connectivity index (χ2n) is 2.97. The average molecular weight is 174 g/mol. The molecule has 0 saturated heterocycles. The highest BCUT2D eigenvalue weighted by Crippen LogP contribution is 2.21. The Labute approximate surface area is 70.0 Å². The van der Waals surface area contributed by atoms with E-state index in [1.165, 1.54) is 36.7 Å². The van der Waals surface area contributed by atoms with E-state index in [1.807, 2.05) is 0 Å². The van der Waals surface area contributed by atoms with Gasteiger partial charge in [-0.05, 0) is 25.7 Å². The van der Waals surface area contributed by atoms with E-state index in [9.17, 15) is 4.21 Å². The molecule has 1 rings (SSSR count). The van der Waals surface area contributed by atoms with Gasteiger partial charge < -0.3 is 4.55 Å². The van der Waals surface area contributed by atoms with E-state index in [0.29, 0.717) is 0 Å². The highest BCUT2D eigenvalue weighted by molar-refractivity contribution is 7.82. The Morgan fingerprint density at radius 1 is 1.18 bits per heavy atom. The molecule has 1 saturated carbocycles. The van der Waals surface area contributed by atoms with Crippen LogP contribution in [0.25, 0.3) is 0 Å². The van der Waals surface area contributed by atoms with Crippen LogP contribution in [-0.4, -0.2) is 8.76 Å². The van der Waals surface area contributed by atoms with Crippen LogP contribution >= 0.6 is 0 Å². The third-order valence-corrected chi connectivity index (χ3v) is 2.55. The van der Waals surface area contributed by atoms with Crippen LogP contribution in [0.3, 0.4) is 0 Å². The fourth-order valence-electron chi connectivity index (χ4n) is 1.44. The molecule has 0 heterocycles. The normalized spacial score (nSPS) is 22.5. The SMILES string of the molecule is O=S(O)C=C1CCCCCC1. The van der Waals surface area contributed by atoms with Gasteiger partial charge in [-0.2, -0.15) is 0 Å². The van der Waals surface area contributed by atoms with Crippen molar-refractivity contribution in [3.63, 3.8) is 0 Å². The van der Waals surface area contributed by atoms with Gasteiger partial charge >= 0.3 is 0 Å². The van der Waals surface area contributed by atoms with Crippen LogP contribution in [0.1, 0.15) is 38.5 Å². The van der Waals surface area contributed by atoms with Gasteiger partial charge in [0.2, 0.25) is 0 Å². The number of allylic oxidation sites excluding steroid dienone is 1. The van der Waals surface area contributed by atoms with Crippen LogP contribution in [0.4, 0.5) is 0 Å². The van der Waals surface area contributed by atoms with Crippen LogP contribution in [0, 0.1) is 0 Å². The molecule has 1 N–H and O–H groups in total. The predicted molar refractivity (Wildman–Crippen MR) is 46.6 cm³/mol. The first-order valence-corrected chi connectivity index (χ1v) is 5.25. The molecule has 64 valence electrons. The average Bonchev–Trinajstić information content (AvgIpc) is 2.14. The summed E-state index contributed by atoms with van der Waals surface area (Å²) >= 11 is -1.73. The van der Waals surface area contributed by atoms with E-state index < -0.39 is 11.1 Å². The van der Waals surface area contributed by atoms with Gasteiger partial charge in [0.05, 0.1) is 0 Å². The maximum atomic E-state index is 10.4. The van der Waals surface area contributed by atoms with E-state index >= 15 is 0 Å². The smallest absolute Gasteiger partial charge is 0.178 e. The molecule has 1 aliphatic carbocycles. The number of rotatable bonds is 1. The molecule has 1 aliphatic rings. The van der Waals surface area contributed by atoms with Crippen molar-refractivity contribution in [2.75, 3.05) is 0 Å². The Hall–Kier alpha value is -0.150. The fourth-order valence-corrected chi connectivity index (χ4v) is 1.96. The largest absolute Gasteiger partial charge is 0.303 e. The molecule has 11 heavy (non-hydrogen) atoms. The predicted octanol–water partition coefficient (Wildman–Crippen LogP) is 2.45. The Morgan fingerprint density at radius 2 is 1.73 bits per heavy atom. The first-order valence-electron chi connectivity index (χ1n) is 4.08. The zero-order chi connectivity index (χ0) is 8.10. The molecule has 0 aromatic heterocycles. The van der Waals surface area contributed by atoms with E-state index in [2.05, 4.69) is 0 Å². The lowest BCUT2D eigenvalue weighted by atomic mass is 10.1. The molecule has 3 heteroatoms. The standard InChI is InChI=1S/C8H14O2S/c9-11(10)7-8-5-3-1-2-4-6-8/h7H,1-6H2,(H,9,10). The van der Waals surface area contributed by atoms with Gasteiger partial charge in [0.15, 0.2) is 11.1 Å². The van der Waals surface area contributed by atoms with Crippen molar-refractivity contribution < 1.29 is 8.76 Å². The molecule has 2 nitrogen and oxygen atoms in total. The summed E-state index contributed by atoms with van der Waals surface area (Å²) in [4.78, 5) is 0. The number of hydrogen-bond donors (Lipinski definition) is 1. The maximum absolute atomic E-state index is 10.4. The van der Waals surface area contributed by atoms with Crippen LogP contribution in [-0.2, 0) is 11.1 Å². The zero-order valence-electron chi connectivity index (χ0n) is 6.58. The lowest BCUT2D eigenvalue weighted by molar-refractivity contribution is 0.573. The zero-order valence-corrected chi connectivity index (χ0v) is 7.40.